The van der Waals surface area contributed by atoms with Crippen molar-refractivity contribution in [1.29, 1.82) is 0 Å². The van der Waals surface area contributed by atoms with Crippen molar-refractivity contribution in [1.82, 2.24) is 0 Å². The lowest BCUT2D eigenvalue weighted by atomic mass is 10.1. The molecule has 0 fully saturated rings. The van der Waals surface area contributed by atoms with Gasteiger partial charge < -0.3 is 0 Å². The normalized spacial score (nSPS) is 11.1. The van der Waals surface area contributed by atoms with Crippen LogP contribution in [-0.2, 0) is 9.59 Å². The third-order valence-electron chi connectivity index (χ3n) is 1.96. The molecule has 0 heterocycles. The lowest BCUT2D eigenvalue weighted by Crippen LogP contribution is -2.23. The molecule has 1 rings (SSSR count). The van der Waals surface area contributed by atoms with E-state index in [1.54, 1.807) is 0 Å². The molecule has 0 atom stereocenters. The average Bonchev–Trinajstić information content (AvgIpc) is 2.20. The molecular formula is C11H10F2N2O2. The van der Waals surface area contributed by atoms with E-state index in [4.69, 9.17) is 0 Å². The average molecular weight is 240 g/mol. The van der Waals surface area contributed by atoms with Crippen LogP contribution in [0.5, 0.6) is 0 Å². The Morgan fingerprint density at radius 3 is 2.24 bits per heavy atom. The number of carbonyl (C=O) groups excluding carboxylic acids is 2. The van der Waals surface area contributed by atoms with Gasteiger partial charge in [0.25, 0.3) is 0 Å². The summed E-state index contributed by atoms with van der Waals surface area (Å²) in [6, 6.07) is 1.49. The lowest BCUT2D eigenvalue weighted by molar-refractivity contribution is -0.126. The Bertz CT molecular complexity index is 472. The highest BCUT2D eigenvalue weighted by atomic mass is 19.1. The van der Waals surface area contributed by atoms with Crippen LogP contribution in [0.2, 0.25) is 0 Å². The third kappa shape index (κ3) is 3.51. The number of nitrogens with zero attached hydrogens (tertiary/aromatic N) is 2. The van der Waals surface area contributed by atoms with E-state index in [1.807, 2.05) is 0 Å². The molecule has 0 saturated heterocycles. The zero-order valence-electron chi connectivity index (χ0n) is 9.28. The van der Waals surface area contributed by atoms with Gasteiger partial charge in [-0.15, -0.1) is 0 Å². The van der Waals surface area contributed by atoms with Crippen LogP contribution in [-0.4, -0.2) is 17.6 Å². The third-order valence-corrected chi connectivity index (χ3v) is 1.96. The molecule has 0 saturated carbocycles. The summed E-state index contributed by atoms with van der Waals surface area (Å²) < 4.78 is 25.7. The van der Waals surface area contributed by atoms with Crippen molar-refractivity contribution in [3.8, 4) is 0 Å². The lowest BCUT2D eigenvalue weighted by Gasteiger charge is -2.02. The summed E-state index contributed by atoms with van der Waals surface area (Å²) in [5.74, 6) is -2.61. The van der Waals surface area contributed by atoms with Gasteiger partial charge in [-0.05, 0) is 26.0 Å². The summed E-state index contributed by atoms with van der Waals surface area (Å²) >= 11 is 0. The van der Waals surface area contributed by atoms with E-state index in [2.05, 4.69) is 10.2 Å². The fourth-order valence-electron chi connectivity index (χ4n) is 1.13. The van der Waals surface area contributed by atoms with Crippen molar-refractivity contribution in [3.05, 3.63) is 29.8 Å². The minimum absolute atomic E-state index is 0.223. The van der Waals surface area contributed by atoms with Gasteiger partial charge in [-0.2, -0.15) is 10.2 Å². The first-order chi connectivity index (χ1) is 7.91. The molecule has 0 N–H and O–H groups in total. The molecule has 0 aliphatic rings. The molecule has 0 aliphatic heterocycles. The Labute approximate surface area is 96.4 Å². The highest BCUT2D eigenvalue weighted by Gasteiger charge is 2.18. The number of hydrogen-bond donors (Lipinski definition) is 0. The van der Waals surface area contributed by atoms with Crippen LogP contribution >= 0.6 is 0 Å². The van der Waals surface area contributed by atoms with Gasteiger partial charge in [0.15, 0.2) is 23.4 Å². The van der Waals surface area contributed by atoms with Gasteiger partial charge >= 0.3 is 0 Å². The van der Waals surface area contributed by atoms with Gasteiger partial charge in [-0.1, -0.05) is 0 Å². The zero-order valence-corrected chi connectivity index (χ0v) is 9.28. The Morgan fingerprint density at radius 1 is 1.18 bits per heavy atom. The van der Waals surface area contributed by atoms with E-state index < -0.39 is 29.2 Å². The Balaban J connectivity index is 2.96. The Morgan fingerprint density at radius 2 is 1.76 bits per heavy atom. The van der Waals surface area contributed by atoms with Gasteiger partial charge in [0.1, 0.15) is 11.5 Å². The summed E-state index contributed by atoms with van der Waals surface area (Å²) in [5, 5.41) is 6.88. The molecular weight excluding hydrogens is 230 g/mol. The number of carbonyl (C=O) groups is 2. The maximum atomic E-state index is 13.1. The van der Waals surface area contributed by atoms with Gasteiger partial charge in [0, 0.05) is 6.07 Å². The first kappa shape index (κ1) is 13.1. The van der Waals surface area contributed by atoms with E-state index in [-0.39, 0.29) is 5.69 Å². The fourth-order valence-corrected chi connectivity index (χ4v) is 1.13. The summed E-state index contributed by atoms with van der Waals surface area (Å²) in [6.45, 7) is 2.37. The van der Waals surface area contributed by atoms with Crippen molar-refractivity contribution in [2.45, 2.75) is 19.9 Å². The largest absolute Gasteiger partial charge is 0.297 e. The molecule has 0 amide bonds. The highest BCUT2D eigenvalue weighted by Crippen LogP contribution is 2.19. The number of rotatable bonds is 4. The highest BCUT2D eigenvalue weighted by molar-refractivity contribution is 6.04. The quantitative estimate of drug-likeness (QED) is 0.600. The summed E-state index contributed by atoms with van der Waals surface area (Å²) in [5.41, 5.74) is -0.223. The molecule has 1 aromatic carbocycles. The first-order valence-electron chi connectivity index (χ1n) is 4.78. The van der Waals surface area contributed by atoms with Crippen molar-refractivity contribution in [2.24, 2.45) is 10.2 Å². The van der Waals surface area contributed by atoms with Crippen LogP contribution in [0.15, 0.2) is 28.4 Å². The molecule has 4 nitrogen and oxygen atoms in total. The van der Waals surface area contributed by atoms with E-state index in [0.717, 1.165) is 12.1 Å². The number of benzene rings is 1. The standard InChI is InChI=1S/C11H10F2N2O2/c1-6(16)11(7(2)17)15-14-10-4-3-8(12)5-9(10)13/h3-5,11H,1-2H3. The number of hydrogen-bond acceptors (Lipinski definition) is 4. The SMILES string of the molecule is CC(=O)C(N=Nc1ccc(F)cc1F)C(C)=O. The smallest absolute Gasteiger partial charge is 0.187 e. The number of azo groups is 1. The predicted octanol–water partition coefficient (Wildman–Crippen LogP) is 2.60. The van der Waals surface area contributed by atoms with Crippen LogP contribution in [0.3, 0.4) is 0 Å². The van der Waals surface area contributed by atoms with Gasteiger partial charge in [-0.25, -0.2) is 8.78 Å². The predicted molar refractivity (Wildman–Crippen MR) is 56.0 cm³/mol. The number of Topliss-reactive ketones (excluding diaryl/α,β-unsaturated/α-hetero) is 2. The number of ketones is 2. The van der Waals surface area contributed by atoms with Gasteiger partial charge in [0.05, 0.1) is 0 Å². The Hall–Kier alpha value is -1.98. The maximum absolute atomic E-state index is 13.1. The van der Waals surface area contributed by atoms with Crippen molar-refractivity contribution in [2.75, 3.05) is 0 Å². The monoisotopic (exact) mass is 240 g/mol. The van der Waals surface area contributed by atoms with Gasteiger partial charge in [0.2, 0.25) is 0 Å². The topological polar surface area (TPSA) is 58.9 Å². The molecule has 90 valence electrons. The molecule has 0 aromatic heterocycles. The Kier molecular flexibility index (Phi) is 4.14. The van der Waals surface area contributed by atoms with Crippen LogP contribution in [0.25, 0.3) is 0 Å². The number of halogens is 2. The summed E-state index contributed by atoms with van der Waals surface area (Å²) in [6.07, 6.45) is 0. The van der Waals surface area contributed by atoms with E-state index in [1.165, 1.54) is 13.8 Å². The summed E-state index contributed by atoms with van der Waals surface area (Å²) in [7, 11) is 0. The molecule has 6 heteroatoms. The summed E-state index contributed by atoms with van der Waals surface area (Å²) in [4.78, 5) is 22.0. The van der Waals surface area contributed by atoms with Crippen molar-refractivity contribution >= 4 is 17.3 Å². The van der Waals surface area contributed by atoms with Gasteiger partial charge in [-0.3, -0.25) is 9.59 Å². The van der Waals surface area contributed by atoms with Crippen LogP contribution in [0.1, 0.15) is 13.8 Å². The second-order valence-electron chi connectivity index (χ2n) is 3.44. The van der Waals surface area contributed by atoms with Crippen molar-refractivity contribution < 1.29 is 18.4 Å². The van der Waals surface area contributed by atoms with E-state index in [9.17, 15) is 18.4 Å². The second kappa shape index (κ2) is 5.38. The van der Waals surface area contributed by atoms with Crippen LogP contribution < -0.4 is 0 Å². The molecule has 0 spiro atoms. The molecule has 0 radical (unpaired) electrons. The minimum Gasteiger partial charge on any atom is -0.297 e. The molecule has 0 aliphatic carbocycles. The van der Waals surface area contributed by atoms with E-state index >= 15 is 0 Å². The molecule has 0 bridgehead atoms. The molecule has 0 unspecified atom stereocenters. The van der Waals surface area contributed by atoms with Crippen LogP contribution in [0, 0.1) is 11.6 Å². The fraction of sp³-hybridized carbons (Fsp3) is 0.273. The zero-order chi connectivity index (χ0) is 13.0. The van der Waals surface area contributed by atoms with Crippen LogP contribution in [0.4, 0.5) is 14.5 Å². The first-order valence-corrected chi connectivity index (χ1v) is 4.78. The minimum atomic E-state index is -1.24. The van der Waals surface area contributed by atoms with Crippen molar-refractivity contribution in [3.63, 3.8) is 0 Å². The second-order valence-corrected chi connectivity index (χ2v) is 3.44. The molecule has 1 aromatic rings. The maximum Gasteiger partial charge on any atom is 0.187 e. The molecule has 17 heavy (non-hydrogen) atoms. The van der Waals surface area contributed by atoms with E-state index in [0.29, 0.717) is 6.07 Å².